The summed E-state index contributed by atoms with van der Waals surface area (Å²) in [5.74, 6) is -3.15. The van der Waals surface area contributed by atoms with Gasteiger partial charge in [0.25, 0.3) is 5.92 Å². The lowest BCUT2D eigenvalue weighted by molar-refractivity contribution is -0.138. The first-order chi connectivity index (χ1) is 20.5. The normalized spacial score (nSPS) is 25.2. The van der Waals surface area contributed by atoms with Gasteiger partial charge in [-0.15, -0.1) is 0 Å². The number of halogens is 2. The standard InChI is InChI=1S/C33H43F2N7O2/c1-31(2,3)24-12-20(13-25(28(24)43)32(4,5)6)16-41(23-15-37-39(7)17-23)30-36-11-10-27(38-30)40-18-21-8-9-22(19-40)42(21)29(44)26-14-33(26,34)35/h10-13,15,17,20-22,26H,8-9,14,16,18-19H2,1-7H3/t21-,22+,26?. The SMILES string of the molecule is Cn1cc(N(CC2C=C(C(C)(C)C)C(=O)C(C(C)(C)C)=C2)c2nccc(N3C[C@H]4CC[C@@H](C3)N4C(=O)C3CC3(F)F)n2)cn1. The van der Waals surface area contributed by atoms with E-state index in [2.05, 4.69) is 68.7 Å². The van der Waals surface area contributed by atoms with Crippen LogP contribution in [0.15, 0.2) is 48.0 Å². The zero-order valence-electron chi connectivity index (χ0n) is 26.7. The second kappa shape index (κ2) is 10.5. The van der Waals surface area contributed by atoms with Crippen molar-refractivity contribution < 1.29 is 18.4 Å². The predicted octanol–water partition coefficient (Wildman–Crippen LogP) is 5.33. The first-order valence-corrected chi connectivity index (χ1v) is 15.6. The molecule has 11 heteroatoms. The van der Waals surface area contributed by atoms with Gasteiger partial charge in [0.2, 0.25) is 11.9 Å². The molecular formula is C33H43F2N7O2. The number of nitrogens with zero attached hydrogens (tertiary/aromatic N) is 7. The number of allylic oxidation sites excluding steroid dienone is 2. The summed E-state index contributed by atoms with van der Waals surface area (Å²) < 4.78 is 29.2. The quantitative estimate of drug-likeness (QED) is 0.439. The van der Waals surface area contributed by atoms with E-state index in [1.807, 2.05) is 24.2 Å². The van der Waals surface area contributed by atoms with Crippen molar-refractivity contribution in [3.8, 4) is 0 Å². The summed E-state index contributed by atoms with van der Waals surface area (Å²) in [7, 11) is 1.86. The van der Waals surface area contributed by atoms with Crippen molar-refractivity contribution in [2.24, 2.45) is 29.7 Å². The first kappa shape index (κ1) is 30.4. The molecule has 44 heavy (non-hydrogen) atoms. The number of piperazine rings is 1. The van der Waals surface area contributed by atoms with Crippen molar-refractivity contribution in [3.63, 3.8) is 0 Å². The molecule has 2 saturated heterocycles. The molecule has 0 aromatic carbocycles. The Hall–Kier alpha value is -3.63. The highest BCUT2D eigenvalue weighted by Gasteiger charge is 2.64. The van der Waals surface area contributed by atoms with Crippen molar-refractivity contribution in [2.45, 2.75) is 78.8 Å². The zero-order valence-corrected chi connectivity index (χ0v) is 26.7. The van der Waals surface area contributed by atoms with Crippen LogP contribution in [0, 0.1) is 22.7 Å². The van der Waals surface area contributed by atoms with Gasteiger partial charge in [0.15, 0.2) is 5.78 Å². The van der Waals surface area contributed by atoms with Crippen LogP contribution in [0.5, 0.6) is 0 Å². The van der Waals surface area contributed by atoms with Crippen LogP contribution < -0.4 is 9.80 Å². The molecule has 0 radical (unpaired) electrons. The van der Waals surface area contributed by atoms with Gasteiger partial charge in [0.05, 0.1) is 11.9 Å². The van der Waals surface area contributed by atoms with Gasteiger partial charge in [-0.3, -0.25) is 14.3 Å². The lowest BCUT2D eigenvalue weighted by Gasteiger charge is -2.42. The van der Waals surface area contributed by atoms with E-state index >= 15 is 0 Å². The highest BCUT2D eigenvalue weighted by molar-refractivity contribution is 6.10. The Labute approximate surface area is 258 Å². The van der Waals surface area contributed by atoms with Crippen LogP contribution in [0.3, 0.4) is 0 Å². The van der Waals surface area contributed by atoms with Gasteiger partial charge < -0.3 is 14.7 Å². The smallest absolute Gasteiger partial charge is 0.260 e. The highest BCUT2D eigenvalue weighted by Crippen LogP contribution is 2.51. The summed E-state index contributed by atoms with van der Waals surface area (Å²) in [4.78, 5) is 42.1. The Bertz CT molecular complexity index is 1480. The number of ketones is 1. The maximum absolute atomic E-state index is 13.7. The van der Waals surface area contributed by atoms with E-state index in [0.717, 1.165) is 35.5 Å². The van der Waals surface area contributed by atoms with Crippen LogP contribution >= 0.6 is 0 Å². The summed E-state index contributed by atoms with van der Waals surface area (Å²) in [5.41, 5.74) is 1.82. The molecule has 2 aromatic heterocycles. The van der Waals surface area contributed by atoms with Crippen LogP contribution in [0.1, 0.15) is 60.8 Å². The van der Waals surface area contributed by atoms with E-state index in [-0.39, 0.29) is 41.0 Å². The number of rotatable bonds is 6. The third kappa shape index (κ3) is 5.65. The highest BCUT2D eigenvalue weighted by atomic mass is 19.3. The number of Topliss-reactive ketones (excluding diaryl/α,β-unsaturated/α-hetero) is 1. The number of carbonyl (C=O) groups is 2. The minimum atomic E-state index is -2.86. The van der Waals surface area contributed by atoms with Gasteiger partial charge in [-0.25, -0.2) is 13.8 Å². The van der Waals surface area contributed by atoms with E-state index in [1.165, 1.54) is 0 Å². The van der Waals surface area contributed by atoms with E-state index in [1.54, 1.807) is 22.0 Å². The number of carbonyl (C=O) groups excluding carboxylic acids is 2. The van der Waals surface area contributed by atoms with E-state index in [4.69, 9.17) is 4.98 Å². The minimum absolute atomic E-state index is 0.0745. The molecule has 0 spiro atoms. The van der Waals surface area contributed by atoms with E-state index in [0.29, 0.717) is 25.6 Å². The Morgan fingerprint density at radius 3 is 2.14 bits per heavy atom. The molecule has 2 aliphatic heterocycles. The van der Waals surface area contributed by atoms with Gasteiger partial charge >= 0.3 is 0 Å². The van der Waals surface area contributed by atoms with Crippen LogP contribution in [-0.4, -0.2) is 74.0 Å². The molecule has 0 N–H and O–H groups in total. The summed E-state index contributed by atoms with van der Waals surface area (Å²) in [6.07, 6.45) is 10.9. The summed E-state index contributed by atoms with van der Waals surface area (Å²) in [6, 6.07) is 1.66. The molecule has 4 heterocycles. The van der Waals surface area contributed by atoms with Crippen LogP contribution in [-0.2, 0) is 16.6 Å². The maximum Gasteiger partial charge on any atom is 0.260 e. The summed E-state index contributed by atoms with van der Waals surface area (Å²) >= 11 is 0. The van der Waals surface area contributed by atoms with Gasteiger partial charge in [-0.2, -0.15) is 10.1 Å². The molecule has 4 aliphatic rings. The lowest BCUT2D eigenvalue weighted by atomic mass is 9.71. The third-order valence-corrected chi connectivity index (χ3v) is 9.32. The maximum atomic E-state index is 13.7. The average molecular weight is 608 g/mol. The molecule has 236 valence electrons. The molecule has 3 fully saturated rings. The Kier molecular flexibility index (Phi) is 7.24. The molecule has 1 amide bonds. The van der Waals surface area contributed by atoms with Crippen molar-refractivity contribution in [1.29, 1.82) is 0 Å². The Morgan fingerprint density at radius 1 is 1.05 bits per heavy atom. The van der Waals surface area contributed by atoms with E-state index in [9.17, 15) is 18.4 Å². The number of hydrogen-bond donors (Lipinski definition) is 0. The van der Waals surface area contributed by atoms with Gasteiger partial charge in [0, 0.05) is 74.6 Å². The zero-order chi connectivity index (χ0) is 31.8. The van der Waals surface area contributed by atoms with E-state index < -0.39 is 17.7 Å². The first-order valence-electron chi connectivity index (χ1n) is 15.6. The van der Waals surface area contributed by atoms with Crippen molar-refractivity contribution >= 4 is 29.1 Å². The lowest BCUT2D eigenvalue weighted by Crippen LogP contribution is -2.56. The van der Waals surface area contributed by atoms with Crippen molar-refractivity contribution in [3.05, 3.63) is 48.0 Å². The topological polar surface area (TPSA) is 87.5 Å². The number of hydrogen-bond acceptors (Lipinski definition) is 7. The molecule has 2 aliphatic carbocycles. The largest absolute Gasteiger partial charge is 0.352 e. The summed E-state index contributed by atoms with van der Waals surface area (Å²) in [5, 5.41) is 4.40. The van der Waals surface area contributed by atoms with Crippen LogP contribution in [0.25, 0.3) is 0 Å². The predicted molar refractivity (Wildman–Crippen MR) is 165 cm³/mol. The third-order valence-electron chi connectivity index (χ3n) is 9.32. The number of aromatic nitrogens is 4. The number of alkyl halides is 2. The molecule has 1 saturated carbocycles. The van der Waals surface area contributed by atoms with Gasteiger partial charge in [-0.05, 0) is 29.7 Å². The number of fused-ring (bicyclic) bond motifs is 2. The monoisotopic (exact) mass is 607 g/mol. The molecule has 2 bridgehead atoms. The number of amides is 1. The van der Waals surface area contributed by atoms with Crippen LogP contribution in [0.2, 0.25) is 0 Å². The second-order valence-corrected chi connectivity index (χ2v) is 14.9. The van der Waals surface area contributed by atoms with Gasteiger partial charge in [0.1, 0.15) is 11.7 Å². The molecule has 9 nitrogen and oxygen atoms in total. The fourth-order valence-corrected chi connectivity index (χ4v) is 6.88. The molecule has 6 rings (SSSR count). The van der Waals surface area contributed by atoms with Crippen molar-refractivity contribution in [2.75, 3.05) is 29.4 Å². The Morgan fingerprint density at radius 2 is 1.64 bits per heavy atom. The number of aryl methyl sites for hydroxylation is 1. The fraction of sp³-hybridized carbons (Fsp3) is 0.606. The molecule has 1 unspecified atom stereocenters. The summed E-state index contributed by atoms with van der Waals surface area (Å²) in [6.45, 7) is 14.0. The number of anilines is 3. The van der Waals surface area contributed by atoms with Gasteiger partial charge in [-0.1, -0.05) is 53.7 Å². The molecular weight excluding hydrogens is 564 g/mol. The fourth-order valence-electron chi connectivity index (χ4n) is 6.88. The average Bonchev–Trinajstić information content (AvgIpc) is 3.22. The Balaban J connectivity index is 1.29. The van der Waals surface area contributed by atoms with Crippen molar-refractivity contribution in [1.82, 2.24) is 24.6 Å². The molecule has 3 atom stereocenters. The minimum Gasteiger partial charge on any atom is -0.352 e. The second-order valence-electron chi connectivity index (χ2n) is 14.9. The van der Waals surface area contributed by atoms with Crippen LogP contribution in [0.4, 0.5) is 26.2 Å². The molecule has 2 aromatic rings.